The Hall–Kier alpha value is -2.01. The highest BCUT2D eigenvalue weighted by atomic mass is 32.2. The highest BCUT2D eigenvalue weighted by molar-refractivity contribution is 7.86. The Morgan fingerprint density at radius 1 is 1.19 bits per heavy atom. The molecule has 2 amide bonds. The maximum atomic E-state index is 12.1. The lowest BCUT2D eigenvalue weighted by Crippen LogP contribution is -2.44. The first-order valence-corrected chi connectivity index (χ1v) is 9.76. The van der Waals surface area contributed by atoms with E-state index < -0.39 is 28.2 Å². The van der Waals surface area contributed by atoms with Crippen molar-refractivity contribution in [3.8, 4) is 0 Å². The molecule has 1 aromatic rings. The van der Waals surface area contributed by atoms with Crippen molar-refractivity contribution >= 4 is 21.9 Å². The minimum absolute atomic E-state index is 0.0580. The molecule has 0 saturated carbocycles. The summed E-state index contributed by atoms with van der Waals surface area (Å²) in [5.41, 5.74) is 6.40. The molecule has 0 bridgehead atoms. The van der Waals surface area contributed by atoms with Crippen LogP contribution in [-0.2, 0) is 35.2 Å². The Labute approximate surface area is 153 Å². The van der Waals surface area contributed by atoms with Gasteiger partial charge in [0.2, 0.25) is 11.8 Å². The van der Waals surface area contributed by atoms with Gasteiger partial charge in [-0.25, -0.2) is 0 Å². The van der Waals surface area contributed by atoms with Crippen LogP contribution in [0.15, 0.2) is 30.3 Å². The average molecular weight is 387 g/mol. The number of nitrogens with two attached hydrogens (primary N) is 1. The molecule has 2 unspecified atom stereocenters. The number of carbonyl (C=O) groups is 2. The first-order valence-electron chi connectivity index (χ1n) is 7.94. The molecule has 0 fully saturated rings. The van der Waals surface area contributed by atoms with Crippen molar-refractivity contribution < 1.29 is 26.9 Å². The topological polar surface area (TPSA) is 137 Å². The Balaban J connectivity index is 2.44. The third-order valence-electron chi connectivity index (χ3n) is 3.38. The van der Waals surface area contributed by atoms with Crippen LogP contribution in [0, 0.1) is 0 Å². The molecule has 0 radical (unpaired) electrons. The van der Waals surface area contributed by atoms with Gasteiger partial charge in [-0.3, -0.25) is 13.8 Å². The zero-order valence-corrected chi connectivity index (χ0v) is 15.6. The molecule has 4 N–H and O–H groups in total. The fourth-order valence-electron chi connectivity index (χ4n) is 2.11. The number of nitrogens with one attached hydrogen (secondary N) is 2. The van der Waals surface area contributed by atoms with Gasteiger partial charge in [0.05, 0.1) is 18.9 Å². The second kappa shape index (κ2) is 10.9. The molecular weight excluding hydrogens is 362 g/mol. The molecular formula is C16H25N3O6S. The molecule has 2 atom stereocenters. The van der Waals surface area contributed by atoms with E-state index >= 15 is 0 Å². The van der Waals surface area contributed by atoms with Crippen LogP contribution in [0.5, 0.6) is 0 Å². The molecule has 0 aliphatic carbocycles. The van der Waals surface area contributed by atoms with Gasteiger partial charge >= 0.3 is 0 Å². The standard InChI is InChI=1S/C16H25N3O6S/c1-24-14(8-13(9-17)25-26(2,22)23)16(21)19-11-15(20)18-10-12-6-4-3-5-7-12/h3-7,13-14H,8-11,17H2,1-2H3,(H,18,20)(H,19,21). The zero-order valence-electron chi connectivity index (χ0n) is 14.8. The molecule has 0 aromatic heterocycles. The fourth-order valence-corrected chi connectivity index (χ4v) is 2.76. The third kappa shape index (κ3) is 8.90. The Bertz CT molecular complexity index is 680. The van der Waals surface area contributed by atoms with Gasteiger partial charge in [0.1, 0.15) is 6.10 Å². The Kier molecular flexibility index (Phi) is 9.21. The smallest absolute Gasteiger partial charge is 0.264 e. The third-order valence-corrected chi connectivity index (χ3v) is 4.01. The predicted octanol–water partition coefficient (Wildman–Crippen LogP) is -0.872. The van der Waals surface area contributed by atoms with Gasteiger partial charge in [-0.2, -0.15) is 8.42 Å². The largest absolute Gasteiger partial charge is 0.372 e. The number of benzene rings is 1. The van der Waals surface area contributed by atoms with Gasteiger partial charge < -0.3 is 21.1 Å². The highest BCUT2D eigenvalue weighted by Crippen LogP contribution is 2.08. The predicted molar refractivity (Wildman–Crippen MR) is 95.5 cm³/mol. The summed E-state index contributed by atoms with van der Waals surface area (Å²) in [6, 6.07) is 9.33. The maximum Gasteiger partial charge on any atom is 0.264 e. The van der Waals surface area contributed by atoms with Crippen molar-refractivity contribution in [3.05, 3.63) is 35.9 Å². The van der Waals surface area contributed by atoms with Gasteiger partial charge in [-0.1, -0.05) is 30.3 Å². The monoisotopic (exact) mass is 387 g/mol. The van der Waals surface area contributed by atoms with Crippen LogP contribution in [0.2, 0.25) is 0 Å². The van der Waals surface area contributed by atoms with E-state index in [1.165, 1.54) is 7.11 Å². The summed E-state index contributed by atoms with van der Waals surface area (Å²) < 4.78 is 32.2. The molecule has 26 heavy (non-hydrogen) atoms. The summed E-state index contributed by atoms with van der Waals surface area (Å²) in [5, 5.41) is 5.12. The molecule has 0 heterocycles. The molecule has 10 heteroatoms. The summed E-state index contributed by atoms with van der Waals surface area (Å²) in [7, 11) is -2.41. The SMILES string of the molecule is COC(CC(CN)OS(C)(=O)=O)C(=O)NCC(=O)NCc1ccccc1. The molecule has 9 nitrogen and oxygen atoms in total. The second-order valence-corrected chi connectivity index (χ2v) is 7.20. The van der Waals surface area contributed by atoms with E-state index in [2.05, 4.69) is 10.6 Å². The lowest BCUT2D eigenvalue weighted by Gasteiger charge is -2.20. The summed E-state index contributed by atoms with van der Waals surface area (Å²) in [6.07, 6.45) is -1.05. The minimum Gasteiger partial charge on any atom is -0.372 e. The van der Waals surface area contributed by atoms with Gasteiger partial charge in [0.15, 0.2) is 0 Å². The van der Waals surface area contributed by atoms with E-state index in [-0.39, 0.29) is 25.4 Å². The van der Waals surface area contributed by atoms with E-state index in [9.17, 15) is 18.0 Å². The van der Waals surface area contributed by atoms with Gasteiger partial charge in [-0.15, -0.1) is 0 Å². The van der Waals surface area contributed by atoms with Crippen LogP contribution in [-0.4, -0.2) is 58.9 Å². The summed E-state index contributed by atoms with van der Waals surface area (Å²) >= 11 is 0. The van der Waals surface area contributed by atoms with E-state index in [0.717, 1.165) is 11.8 Å². The van der Waals surface area contributed by atoms with Gasteiger partial charge in [-0.05, 0) is 5.56 Å². The molecule has 0 aliphatic heterocycles. The number of hydrogen-bond acceptors (Lipinski definition) is 7. The Morgan fingerprint density at radius 2 is 1.85 bits per heavy atom. The quantitative estimate of drug-likeness (QED) is 0.420. The van der Waals surface area contributed by atoms with Crippen molar-refractivity contribution in [2.24, 2.45) is 5.73 Å². The lowest BCUT2D eigenvalue weighted by atomic mass is 10.1. The van der Waals surface area contributed by atoms with Crippen molar-refractivity contribution in [1.82, 2.24) is 10.6 Å². The van der Waals surface area contributed by atoms with E-state index in [0.29, 0.717) is 6.54 Å². The number of methoxy groups -OCH3 is 1. The highest BCUT2D eigenvalue weighted by Gasteiger charge is 2.25. The van der Waals surface area contributed by atoms with E-state index in [4.69, 9.17) is 14.7 Å². The van der Waals surface area contributed by atoms with Crippen molar-refractivity contribution in [3.63, 3.8) is 0 Å². The summed E-state index contributed by atoms with van der Waals surface area (Å²) in [6.45, 7) is 0.0181. The summed E-state index contributed by atoms with van der Waals surface area (Å²) in [5.74, 6) is -0.919. The van der Waals surface area contributed by atoms with Crippen LogP contribution in [0.1, 0.15) is 12.0 Å². The van der Waals surface area contributed by atoms with Crippen molar-refractivity contribution in [2.75, 3.05) is 26.5 Å². The second-order valence-electron chi connectivity index (χ2n) is 5.60. The van der Waals surface area contributed by atoms with Crippen LogP contribution in [0.3, 0.4) is 0 Å². The van der Waals surface area contributed by atoms with E-state index in [1.54, 1.807) is 0 Å². The number of hydrogen-bond donors (Lipinski definition) is 3. The van der Waals surface area contributed by atoms with Crippen LogP contribution >= 0.6 is 0 Å². The number of ether oxygens (including phenoxy) is 1. The molecule has 0 spiro atoms. The van der Waals surface area contributed by atoms with E-state index in [1.807, 2.05) is 30.3 Å². The molecule has 0 saturated heterocycles. The van der Waals surface area contributed by atoms with Crippen LogP contribution in [0.25, 0.3) is 0 Å². The first kappa shape index (κ1) is 22.0. The molecule has 0 aliphatic rings. The average Bonchev–Trinajstić information content (AvgIpc) is 2.61. The molecule has 1 rings (SSSR count). The number of rotatable bonds is 11. The fraction of sp³-hybridized carbons (Fsp3) is 0.500. The number of amides is 2. The summed E-state index contributed by atoms with van der Waals surface area (Å²) in [4.78, 5) is 23.9. The van der Waals surface area contributed by atoms with Crippen molar-refractivity contribution in [1.29, 1.82) is 0 Å². The zero-order chi connectivity index (χ0) is 19.6. The van der Waals surface area contributed by atoms with Gasteiger partial charge in [0, 0.05) is 26.6 Å². The normalized spacial score (nSPS) is 13.7. The number of carbonyl (C=O) groups excluding carboxylic acids is 2. The maximum absolute atomic E-state index is 12.1. The van der Waals surface area contributed by atoms with Gasteiger partial charge in [0.25, 0.3) is 10.1 Å². The first-order chi connectivity index (χ1) is 12.2. The lowest BCUT2D eigenvalue weighted by molar-refractivity contribution is -0.134. The molecule has 146 valence electrons. The van der Waals surface area contributed by atoms with Crippen LogP contribution < -0.4 is 16.4 Å². The Morgan fingerprint density at radius 3 is 2.38 bits per heavy atom. The van der Waals surface area contributed by atoms with Crippen LogP contribution in [0.4, 0.5) is 0 Å². The molecule has 1 aromatic carbocycles. The van der Waals surface area contributed by atoms with Crippen molar-refractivity contribution in [2.45, 2.75) is 25.2 Å². The minimum atomic E-state index is -3.71.